The molecule has 114 valence electrons. The van der Waals surface area contributed by atoms with Crippen LogP contribution in [0.5, 0.6) is 0 Å². The minimum Gasteiger partial charge on any atom is -0.381 e. The van der Waals surface area contributed by atoms with Crippen molar-refractivity contribution in [2.24, 2.45) is 0 Å². The van der Waals surface area contributed by atoms with Crippen molar-refractivity contribution in [3.05, 3.63) is 24.0 Å². The summed E-state index contributed by atoms with van der Waals surface area (Å²) in [5.74, 6) is 0.0873. The number of nitrogens with zero attached hydrogens (tertiary/aromatic N) is 2. The van der Waals surface area contributed by atoms with Gasteiger partial charge in [0, 0.05) is 19.1 Å². The molecule has 2 heterocycles. The molecule has 2 aliphatic rings. The number of aromatic nitrogens is 1. The van der Waals surface area contributed by atoms with E-state index in [0.29, 0.717) is 11.7 Å². The van der Waals surface area contributed by atoms with Crippen LogP contribution in [-0.4, -0.2) is 34.9 Å². The third-order valence-corrected chi connectivity index (χ3v) is 4.60. The van der Waals surface area contributed by atoms with Crippen molar-refractivity contribution in [1.29, 1.82) is 0 Å². The van der Waals surface area contributed by atoms with Crippen molar-refractivity contribution in [1.82, 2.24) is 9.88 Å². The molecule has 3 rings (SSSR count). The molecule has 0 spiro atoms. The Hall–Kier alpha value is -1.58. The molecule has 1 N–H and O–H groups in total. The van der Waals surface area contributed by atoms with Gasteiger partial charge in [-0.2, -0.15) is 0 Å². The fourth-order valence-corrected chi connectivity index (χ4v) is 3.35. The fraction of sp³-hybridized carbons (Fsp3) is 0.647. The zero-order valence-corrected chi connectivity index (χ0v) is 12.7. The molecule has 1 aromatic heterocycles. The Morgan fingerprint density at radius 2 is 1.76 bits per heavy atom. The van der Waals surface area contributed by atoms with E-state index in [4.69, 9.17) is 0 Å². The lowest BCUT2D eigenvalue weighted by Crippen LogP contribution is -2.32. The lowest BCUT2D eigenvalue weighted by atomic mass is 10.2. The van der Waals surface area contributed by atoms with Gasteiger partial charge in [0.25, 0.3) is 5.91 Å². The number of nitrogens with one attached hydrogen (secondary N) is 1. The van der Waals surface area contributed by atoms with Crippen LogP contribution in [-0.2, 0) is 0 Å². The van der Waals surface area contributed by atoms with E-state index >= 15 is 0 Å². The predicted octanol–water partition coefficient (Wildman–Crippen LogP) is 3.45. The molecule has 0 aromatic carbocycles. The molecule has 1 aliphatic heterocycles. The molecule has 1 aliphatic carbocycles. The SMILES string of the molecule is O=C(c1ccc(NC2CCCC2)cn1)N1CCCCCC1. The molecule has 4 heteroatoms. The van der Waals surface area contributed by atoms with Crippen molar-refractivity contribution in [2.45, 2.75) is 57.4 Å². The summed E-state index contributed by atoms with van der Waals surface area (Å²) in [6, 6.07) is 4.44. The minimum atomic E-state index is 0.0873. The maximum absolute atomic E-state index is 12.5. The first-order chi connectivity index (χ1) is 10.3. The van der Waals surface area contributed by atoms with E-state index in [-0.39, 0.29) is 5.91 Å². The molecule has 1 amide bonds. The number of rotatable bonds is 3. The standard InChI is InChI=1S/C17H25N3O/c21-17(20-11-5-1-2-6-12-20)16-10-9-15(13-18-16)19-14-7-3-4-8-14/h9-10,13-14,19H,1-8,11-12H2. The van der Waals surface area contributed by atoms with Crippen LogP contribution in [0.1, 0.15) is 61.9 Å². The molecule has 1 aromatic rings. The first-order valence-electron chi connectivity index (χ1n) is 8.35. The normalized spacial score (nSPS) is 20.3. The second-order valence-corrected chi connectivity index (χ2v) is 6.26. The van der Waals surface area contributed by atoms with E-state index in [1.54, 1.807) is 0 Å². The number of hydrogen-bond acceptors (Lipinski definition) is 3. The van der Waals surface area contributed by atoms with Crippen LogP contribution in [0.2, 0.25) is 0 Å². The van der Waals surface area contributed by atoms with Crippen LogP contribution in [0.3, 0.4) is 0 Å². The number of carbonyl (C=O) groups excluding carboxylic acids is 1. The molecule has 4 nitrogen and oxygen atoms in total. The van der Waals surface area contributed by atoms with E-state index < -0.39 is 0 Å². The monoisotopic (exact) mass is 287 g/mol. The molecule has 0 bridgehead atoms. The van der Waals surface area contributed by atoms with Gasteiger partial charge in [0.2, 0.25) is 0 Å². The smallest absolute Gasteiger partial charge is 0.272 e. The van der Waals surface area contributed by atoms with Crippen molar-refractivity contribution < 1.29 is 4.79 Å². The summed E-state index contributed by atoms with van der Waals surface area (Å²) in [5.41, 5.74) is 1.61. The summed E-state index contributed by atoms with van der Waals surface area (Å²) in [7, 11) is 0. The molecular weight excluding hydrogens is 262 g/mol. The molecule has 0 radical (unpaired) electrons. The van der Waals surface area contributed by atoms with Gasteiger partial charge in [-0.1, -0.05) is 25.7 Å². The number of likely N-dealkylation sites (tertiary alicyclic amines) is 1. The minimum absolute atomic E-state index is 0.0873. The molecule has 1 saturated heterocycles. The van der Waals surface area contributed by atoms with Crippen LogP contribution in [0.25, 0.3) is 0 Å². The predicted molar refractivity (Wildman–Crippen MR) is 84.5 cm³/mol. The quantitative estimate of drug-likeness (QED) is 0.926. The summed E-state index contributed by atoms with van der Waals surface area (Å²) in [6.45, 7) is 1.76. The molecular formula is C17H25N3O. The maximum atomic E-state index is 12.5. The highest BCUT2D eigenvalue weighted by Gasteiger charge is 2.19. The van der Waals surface area contributed by atoms with Gasteiger partial charge in [-0.3, -0.25) is 4.79 Å². The lowest BCUT2D eigenvalue weighted by molar-refractivity contribution is 0.0756. The topological polar surface area (TPSA) is 45.2 Å². The zero-order valence-electron chi connectivity index (χ0n) is 12.7. The molecule has 0 unspecified atom stereocenters. The summed E-state index contributed by atoms with van der Waals surface area (Å²) in [5, 5.41) is 3.51. The average molecular weight is 287 g/mol. The third-order valence-electron chi connectivity index (χ3n) is 4.60. The van der Waals surface area contributed by atoms with E-state index in [2.05, 4.69) is 10.3 Å². The molecule has 0 atom stereocenters. The Balaban J connectivity index is 1.61. The summed E-state index contributed by atoms with van der Waals surface area (Å²) in [4.78, 5) is 18.8. The van der Waals surface area contributed by atoms with E-state index in [1.165, 1.54) is 38.5 Å². The molecule has 2 fully saturated rings. The maximum Gasteiger partial charge on any atom is 0.272 e. The van der Waals surface area contributed by atoms with Crippen LogP contribution in [0.15, 0.2) is 18.3 Å². The summed E-state index contributed by atoms with van der Waals surface area (Å²) < 4.78 is 0. The second-order valence-electron chi connectivity index (χ2n) is 6.26. The first-order valence-corrected chi connectivity index (χ1v) is 8.35. The fourth-order valence-electron chi connectivity index (χ4n) is 3.35. The van der Waals surface area contributed by atoms with Crippen LogP contribution in [0, 0.1) is 0 Å². The Labute approximate surface area is 126 Å². The largest absolute Gasteiger partial charge is 0.381 e. The van der Waals surface area contributed by atoms with Crippen molar-refractivity contribution in [2.75, 3.05) is 18.4 Å². The van der Waals surface area contributed by atoms with Crippen LogP contribution < -0.4 is 5.32 Å². The Morgan fingerprint density at radius 1 is 1.05 bits per heavy atom. The van der Waals surface area contributed by atoms with E-state index in [1.807, 2.05) is 23.2 Å². The Kier molecular flexibility index (Phi) is 4.73. The van der Waals surface area contributed by atoms with Gasteiger partial charge in [-0.05, 0) is 37.8 Å². The summed E-state index contributed by atoms with van der Waals surface area (Å²) >= 11 is 0. The highest BCUT2D eigenvalue weighted by molar-refractivity contribution is 5.92. The van der Waals surface area contributed by atoms with Gasteiger partial charge in [-0.15, -0.1) is 0 Å². The van der Waals surface area contributed by atoms with Crippen molar-refractivity contribution >= 4 is 11.6 Å². The summed E-state index contributed by atoms with van der Waals surface area (Å²) in [6.07, 6.45) is 11.6. The van der Waals surface area contributed by atoms with Crippen molar-refractivity contribution in [3.8, 4) is 0 Å². The highest BCUT2D eigenvalue weighted by atomic mass is 16.2. The molecule has 21 heavy (non-hydrogen) atoms. The van der Waals surface area contributed by atoms with Crippen LogP contribution in [0.4, 0.5) is 5.69 Å². The van der Waals surface area contributed by atoms with Gasteiger partial charge < -0.3 is 10.2 Å². The number of carbonyl (C=O) groups is 1. The van der Waals surface area contributed by atoms with Crippen LogP contribution >= 0.6 is 0 Å². The van der Waals surface area contributed by atoms with E-state index in [0.717, 1.165) is 31.6 Å². The second kappa shape index (κ2) is 6.92. The van der Waals surface area contributed by atoms with E-state index in [9.17, 15) is 4.79 Å². The highest BCUT2D eigenvalue weighted by Crippen LogP contribution is 2.22. The van der Waals surface area contributed by atoms with Gasteiger partial charge in [0.15, 0.2) is 0 Å². The Bertz CT molecular complexity index is 457. The van der Waals surface area contributed by atoms with Crippen molar-refractivity contribution in [3.63, 3.8) is 0 Å². The first kappa shape index (κ1) is 14.4. The number of anilines is 1. The molecule has 1 saturated carbocycles. The average Bonchev–Trinajstić information content (AvgIpc) is 2.87. The van der Waals surface area contributed by atoms with Gasteiger partial charge in [0.1, 0.15) is 5.69 Å². The number of pyridine rings is 1. The zero-order chi connectivity index (χ0) is 14.5. The number of hydrogen-bond donors (Lipinski definition) is 1. The van der Waals surface area contributed by atoms with Gasteiger partial charge in [0.05, 0.1) is 11.9 Å². The lowest BCUT2D eigenvalue weighted by Gasteiger charge is -2.20. The Morgan fingerprint density at radius 3 is 2.38 bits per heavy atom. The third kappa shape index (κ3) is 3.74. The number of amides is 1. The van der Waals surface area contributed by atoms with Gasteiger partial charge in [-0.25, -0.2) is 4.98 Å². The van der Waals surface area contributed by atoms with Gasteiger partial charge >= 0.3 is 0 Å².